The minimum atomic E-state index is -1.33. The van der Waals surface area contributed by atoms with Gasteiger partial charge in [0.25, 0.3) is 5.69 Å². The fraction of sp³-hybridized carbons (Fsp3) is 0.385. The quantitative estimate of drug-likeness (QED) is 0.549. The van der Waals surface area contributed by atoms with Gasteiger partial charge in [-0.25, -0.2) is 9.59 Å². The number of hydrogen-bond acceptors (Lipinski definition) is 4. The Balaban J connectivity index is 2.77. The second-order valence-corrected chi connectivity index (χ2v) is 4.48. The molecule has 0 atom stereocenters. The number of aliphatic carboxylic acids is 1. The van der Waals surface area contributed by atoms with E-state index in [1.54, 1.807) is 13.8 Å². The molecule has 1 aromatic rings. The second-order valence-electron chi connectivity index (χ2n) is 4.48. The maximum atomic E-state index is 11.8. The number of carboxylic acids is 1. The average molecular weight is 295 g/mol. The SMILES string of the molecule is CCC(CC)(NC(=O)Nc1ccc([N+](=O)[O-])cc1)C(=O)O. The molecule has 0 aliphatic carbocycles. The van der Waals surface area contributed by atoms with Gasteiger partial charge in [0.05, 0.1) is 4.92 Å². The molecule has 0 saturated heterocycles. The molecule has 0 heterocycles. The predicted octanol–water partition coefficient (Wildman–Crippen LogP) is 2.36. The number of nitro benzene ring substituents is 1. The summed E-state index contributed by atoms with van der Waals surface area (Å²) in [5.74, 6) is -1.11. The van der Waals surface area contributed by atoms with E-state index in [0.29, 0.717) is 5.69 Å². The Morgan fingerprint density at radius 1 is 1.24 bits per heavy atom. The van der Waals surface area contributed by atoms with Crippen LogP contribution in [0, 0.1) is 10.1 Å². The van der Waals surface area contributed by atoms with Crippen molar-refractivity contribution in [1.82, 2.24) is 5.32 Å². The molecule has 21 heavy (non-hydrogen) atoms. The number of rotatable bonds is 6. The maximum Gasteiger partial charge on any atom is 0.329 e. The molecule has 0 radical (unpaired) electrons. The highest BCUT2D eigenvalue weighted by Crippen LogP contribution is 2.18. The van der Waals surface area contributed by atoms with Crippen molar-refractivity contribution in [2.24, 2.45) is 0 Å². The molecule has 8 heteroatoms. The maximum absolute atomic E-state index is 11.8. The summed E-state index contributed by atoms with van der Waals surface area (Å²) in [5.41, 5.74) is -1.09. The number of benzene rings is 1. The third kappa shape index (κ3) is 3.91. The zero-order valence-electron chi connectivity index (χ0n) is 11.8. The molecule has 0 bridgehead atoms. The van der Waals surface area contributed by atoms with Crippen LogP contribution in [-0.2, 0) is 4.79 Å². The van der Waals surface area contributed by atoms with E-state index in [0.717, 1.165) is 0 Å². The summed E-state index contributed by atoms with van der Waals surface area (Å²) in [4.78, 5) is 33.1. The standard InChI is InChI=1S/C13H17N3O5/c1-3-13(4-2,11(17)18)15-12(19)14-9-5-7-10(8-6-9)16(20)21/h5-8H,3-4H2,1-2H3,(H,17,18)(H2,14,15,19). The minimum absolute atomic E-state index is 0.0945. The number of non-ortho nitro benzene ring substituents is 1. The monoisotopic (exact) mass is 295 g/mol. The molecule has 114 valence electrons. The van der Waals surface area contributed by atoms with Crippen LogP contribution < -0.4 is 10.6 Å². The van der Waals surface area contributed by atoms with E-state index in [-0.39, 0.29) is 18.5 Å². The van der Waals surface area contributed by atoms with Crippen molar-refractivity contribution in [1.29, 1.82) is 0 Å². The van der Waals surface area contributed by atoms with E-state index in [9.17, 15) is 24.8 Å². The smallest absolute Gasteiger partial charge is 0.329 e. The fourth-order valence-corrected chi connectivity index (χ4v) is 1.83. The van der Waals surface area contributed by atoms with Gasteiger partial charge < -0.3 is 15.7 Å². The molecular formula is C13H17N3O5. The first kappa shape index (κ1) is 16.4. The molecule has 1 rings (SSSR count). The summed E-state index contributed by atoms with van der Waals surface area (Å²) < 4.78 is 0. The summed E-state index contributed by atoms with van der Waals surface area (Å²) >= 11 is 0. The lowest BCUT2D eigenvalue weighted by Crippen LogP contribution is -2.54. The van der Waals surface area contributed by atoms with Gasteiger partial charge in [0.15, 0.2) is 0 Å². The third-order valence-corrected chi connectivity index (χ3v) is 3.31. The van der Waals surface area contributed by atoms with Crippen LogP contribution in [0.5, 0.6) is 0 Å². The van der Waals surface area contributed by atoms with Gasteiger partial charge in [-0.2, -0.15) is 0 Å². The van der Waals surface area contributed by atoms with Gasteiger partial charge in [-0.3, -0.25) is 10.1 Å². The van der Waals surface area contributed by atoms with Crippen molar-refractivity contribution in [3.8, 4) is 0 Å². The summed E-state index contributed by atoms with van der Waals surface area (Å²) in [7, 11) is 0. The first-order valence-corrected chi connectivity index (χ1v) is 6.41. The lowest BCUT2D eigenvalue weighted by Gasteiger charge is -2.28. The third-order valence-electron chi connectivity index (χ3n) is 3.31. The van der Waals surface area contributed by atoms with Gasteiger partial charge in [-0.1, -0.05) is 13.8 Å². The molecule has 8 nitrogen and oxygen atoms in total. The second kappa shape index (κ2) is 6.69. The number of nitrogens with one attached hydrogen (secondary N) is 2. The number of nitrogens with zero attached hydrogens (tertiary/aromatic N) is 1. The molecule has 0 aliphatic rings. The highest BCUT2D eigenvalue weighted by Gasteiger charge is 2.36. The van der Waals surface area contributed by atoms with Crippen molar-refractivity contribution in [3.63, 3.8) is 0 Å². The summed E-state index contributed by atoms with van der Waals surface area (Å²) in [5, 5.41) is 24.6. The molecule has 0 spiro atoms. The minimum Gasteiger partial charge on any atom is -0.480 e. The van der Waals surface area contributed by atoms with E-state index in [1.807, 2.05) is 0 Å². The van der Waals surface area contributed by atoms with Crippen LogP contribution in [0.15, 0.2) is 24.3 Å². The van der Waals surface area contributed by atoms with Gasteiger partial charge in [-0.15, -0.1) is 0 Å². The Morgan fingerprint density at radius 3 is 2.14 bits per heavy atom. The molecule has 3 N–H and O–H groups in total. The Kier molecular flexibility index (Phi) is 5.23. The van der Waals surface area contributed by atoms with Gasteiger partial charge in [-0.05, 0) is 25.0 Å². The average Bonchev–Trinajstić information content (AvgIpc) is 2.45. The Hall–Kier alpha value is -2.64. The largest absolute Gasteiger partial charge is 0.480 e. The number of anilines is 1. The van der Waals surface area contributed by atoms with E-state index < -0.39 is 22.5 Å². The molecular weight excluding hydrogens is 278 g/mol. The van der Waals surface area contributed by atoms with Crippen molar-refractivity contribution >= 4 is 23.4 Å². The highest BCUT2D eigenvalue weighted by atomic mass is 16.6. The molecule has 2 amide bonds. The predicted molar refractivity (Wildman–Crippen MR) is 76.2 cm³/mol. The van der Waals surface area contributed by atoms with Crippen molar-refractivity contribution in [2.45, 2.75) is 32.2 Å². The number of carbonyl (C=O) groups excluding carboxylic acids is 1. The fourth-order valence-electron chi connectivity index (χ4n) is 1.83. The topological polar surface area (TPSA) is 122 Å². The van der Waals surface area contributed by atoms with Gasteiger partial charge in [0, 0.05) is 17.8 Å². The van der Waals surface area contributed by atoms with Crippen LogP contribution in [0.3, 0.4) is 0 Å². The molecule has 0 aliphatic heterocycles. The first-order chi connectivity index (χ1) is 9.84. The van der Waals surface area contributed by atoms with Crippen molar-refractivity contribution in [2.75, 3.05) is 5.32 Å². The zero-order chi connectivity index (χ0) is 16.0. The van der Waals surface area contributed by atoms with Gasteiger partial charge >= 0.3 is 12.0 Å². The van der Waals surface area contributed by atoms with Gasteiger partial charge in [0.2, 0.25) is 0 Å². The molecule has 0 saturated carbocycles. The lowest BCUT2D eigenvalue weighted by molar-refractivity contribution is -0.384. The van der Waals surface area contributed by atoms with E-state index in [4.69, 9.17) is 0 Å². The Labute approximate surface area is 121 Å². The van der Waals surface area contributed by atoms with Crippen LogP contribution in [0.25, 0.3) is 0 Å². The Bertz CT molecular complexity index is 537. The number of hydrogen-bond donors (Lipinski definition) is 3. The van der Waals surface area contributed by atoms with Crippen molar-refractivity contribution < 1.29 is 19.6 Å². The van der Waals surface area contributed by atoms with Crippen LogP contribution in [0.2, 0.25) is 0 Å². The zero-order valence-corrected chi connectivity index (χ0v) is 11.8. The highest BCUT2D eigenvalue weighted by molar-refractivity contribution is 5.93. The first-order valence-electron chi connectivity index (χ1n) is 6.41. The number of carboxylic acid groups (broad SMARTS) is 1. The van der Waals surface area contributed by atoms with Crippen LogP contribution in [0.1, 0.15) is 26.7 Å². The Morgan fingerprint density at radius 2 is 1.76 bits per heavy atom. The lowest BCUT2D eigenvalue weighted by atomic mass is 9.93. The van der Waals surface area contributed by atoms with Crippen molar-refractivity contribution in [3.05, 3.63) is 34.4 Å². The molecule has 0 unspecified atom stereocenters. The summed E-state index contributed by atoms with van der Waals surface area (Å²) in [6.45, 7) is 3.34. The number of urea groups is 1. The van der Waals surface area contributed by atoms with E-state index >= 15 is 0 Å². The number of nitro groups is 1. The van der Waals surface area contributed by atoms with E-state index in [1.165, 1.54) is 24.3 Å². The number of amides is 2. The molecule has 0 aromatic heterocycles. The summed E-state index contributed by atoms with van der Waals surface area (Å²) in [6.07, 6.45) is 0.485. The van der Waals surface area contributed by atoms with Crippen LogP contribution in [-0.4, -0.2) is 27.6 Å². The van der Waals surface area contributed by atoms with Gasteiger partial charge in [0.1, 0.15) is 5.54 Å². The number of carbonyl (C=O) groups is 2. The normalized spacial score (nSPS) is 10.8. The van der Waals surface area contributed by atoms with Crippen LogP contribution in [0.4, 0.5) is 16.2 Å². The van der Waals surface area contributed by atoms with Crippen LogP contribution >= 0.6 is 0 Å². The molecule has 0 fully saturated rings. The summed E-state index contributed by atoms with van der Waals surface area (Å²) in [6, 6.07) is 4.57. The molecule has 1 aromatic carbocycles. The van der Waals surface area contributed by atoms with E-state index in [2.05, 4.69) is 10.6 Å².